The predicted molar refractivity (Wildman–Crippen MR) is 95.6 cm³/mol. The Bertz CT molecular complexity index is 746. The number of nitrogens with one attached hydrogen (secondary N) is 1. The largest absolute Gasteiger partial charge is 0.449 e. The molecule has 1 amide bonds. The zero-order valence-electron chi connectivity index (χ0n) is 14.1. The van der Waals surface area contributed by atoms with Crippen LogP contribution in [0.25, 0.3) is 0 Å². The second-order valence-corrected chi connectivity index (χ2v) is 6.25. The lowest BCUT2D eigenvalue weighted by Gasteiger charge is -2.17. The molecule has 1 N–H and O–H groups in total. The molecule has 0 fully saturated rings. The van der Waals surface area contributed by atoms with Gasteiger partial charge in [0.05, 0.1) is 5.56 Å². The van der Waals surface area contributed by atoms with E-state index in [-0.39, 0.29) is 5.91 Å². The topological polar surface area (TPSA) is 55.4 Å². The van der Waals surface area contributed by atoms with Gasteiger partial charge in [0.2, 0.25) is 0 Å². The zero-order chi connectivity index (χ0) is 17.9. The van der Waals surface area contributed by atoms with Crippen molar-refractivity contribution >= 4 is 29.2 Å². The summed E-state index contributed by atoms with van der Waals surface area (Å²) in [5.41, 5.74) is 4.17. The molecule has 0 aliphatic rings. The molecule has 0 heterocycles. The van der Waals surface area contributed by atoms with Crippen molar-refractivity contribution in [2.24, 2.45) is 0 Å². The van der Waals surface area contributed by atoms with E-state index in [4.69, 9.17) is 16.3 Å². The van der Waals surface area contributed by atoms with E-state index in [1.807, 2.05) is 32.9 Å². The highest BCUT2D eigenvalue weighted by Gasteiger charge is 2.20. The van der Waals surface area contributed by atoms with Crippen LogP contribution in [0.3, 0.4) is 0 Å². The number of ether oxygens (including phenoxy) is 1. The van der Waals surface area contributed by atoms with Gasteiger partial charge in [-0.05, 0) is 63.1 Å². The molecule has 2 rings (SSSR count). The lowest BCUT2D eigenvalue weighted by Crippen LogP contribution is -2.30. The second-order valence-electron chi connectivity index (χ2n) is 5.82. The Hall–Kier alpha value is -2.33. The van der Waals surface area contributed by atoms with Crippen LogP contribution in [0, 0.1) is 20.8 Å². The van der Waals surface area contributed by atoms with Gasteiger partial charge in [0.25, 0.3) is 5.91 Å². The molecule has 0 spiro atoms. The molecule has 2 aromatic rings. The molecule has 1 atom stereocenters. The fraction of sp³-hybridized carbons (Fsp3) is 0.263. The van der Waals surface area contributed by atoms with Crippen LogP contribution in [-0.2, 0) is 9.53 Å². The van der Waals surface area contributed by atoms with E-state index in [0.717, 1.165) is 22.4 Å². The summed E-state index contributed by atoms with van der Waals surface area (Å²) in [6, 6.07) is 10.3. The molecule has 0 saturated heterocycles. The molecule has 0 bridgehead atoms. The van der Waals surface area contributed by atoms with Gasteiger partial charge in [0.15, 0.2) is 6.10 Å². The molecule has 0 saturated carbocycles. The van der Waals surface area contributed by atoms with Crippen LogP contribution in [-0.4, -0.2) is 18.0 Å². The van der Waals surface area contributed by atoms with E-state index >= 15 is 0 Å². The fourth-order valence-electron chi connectivity index (χ4n) is 2.47. The monoisotopic (exact) mass is 345 g/mol. The highest BCUT2D eigenvalue weighted by molar-refractivity contribution is 6.30. The Morgan fingerprint density at radius 1 is 1.04 bits per heavy atom. The summed E-state index contributed by atoms with van der Waals surface area (Å²) in [4.78, 5) is 24.4. The summed E-state index contributed by atoms with van der Waals surface area (Å²) in [6.07, 6.45) is -0.909. The highest BCUT2D eigenvalue weighted by Crippen LogP contribution is 2.22. The first-order valence-electron chi connectivity index (χ1n) is 7.63. The summed E-state index contributed by atoms with van der Waals surface area (Å²) < 4.78 is 5.22. The molecule has 4 nitrogen and oxygen atoms in total. The van der Waals surface area contributed by atoms with Crippen LogP contribution in [0.1, 0.15) is 34.0 Å². The van der Waals surface area contributed by atoms with E-state index in [2.05, 4.69) is 5.32 Å². The fourth-order valence-corrected chi connectivity index (χ4v) is 2.60. The van der Waals surface area contributed by atoms with E-state index in [1.165, 1.54) is 0 Å². The Morgan fingerprint density at radius 2 is 1.58 bits per heavy atom. The average molecular weight is 346 g/mol. The number of anilines is 1. The first-order chi connectivity index (χ1) is 11.3. The molecule has 126 valence electrons. The quantitative estimate of drug-likeness (QED) is 0.833. The third kappa shape index (κ3) is 4.36. The minimum absolute atomic E-state index is 0.349. The van der Waals surface area contributed by atoms with Crippen LogP contribution in [0.4, 0.5) is 5.69 Å². The summed E-state index contributed by atoms with van der Waals surface area (Å²) >= 11 is 5.79. The number of benzene rings is 2. The Kier molecular flexibility index (Phi) is 5.62. The van der Waals surface area contributed by atoms with E-state index in [0.29, 0.717) is 10.6 Å². The number of esters is 1. The first-order valence-corrected chi connectivity index (χ1v) is 8.01. The molecule has 0 aromatic heterocycles. The van der Waals surface area contributed by atoms with Crippen LogP contribution in [0.2, 0.25) is 5.02 Å². The average Bonchev–Trinajstić information content (AvgIpc) is 2.51. The summed E-state index contributed by atoms with van der Waals surface area (Å²) in [6.45, 7) is 7.41. The standard InChI is InChI=1S/C19H20ClNO3/c1-11-9-12(2)17(13(3)10-11)21-18(22)14(4)24-19(23)15-5-7-16(20)8-6-15/h5-10,14H,1-4H3,(H,21,22)/t14-/m0/s1. The van der Waals surface area contributed by atoms with Crippen LogP contribution >= 0.6 is 11.6 Å². The van der Waals surface area contributed by atoms with Gasteiger partial charge in [-0.1, -0.05) is 29.3 Å². The molecule has 0 aliphatic carbocycles. The van der Waals surface area contributed by atoms with Gasteiger partial charge in [0.1, 0.15) is 0 Å². The Labute approximate surface area is 146 Å². The van der Waals surface area contributed by atoms with Crippen molar-refractivity contribution in [3.63, 3.8) is 0 Å². The summed E-state index contributed by atoms with van der Waals surface area (Å²) in [7, 11) is 0. The normalized spacial score (nSPS) is 11.7. The maximum Gasteiger partial charge on any atom is 0.338 e. The third-order valence-corrected chi connectivity index (χ3v) is 3.91. The van der Waals surface area contributed by atoms with Gasteiger partial charge in [-0.3, -0.25) is 4.79 Å². The van der Waals surface area contributed by atoms with E-state index in [9.17, 15) is 9.59 Å². The Balaban J connectivity index is 2.05. The molecular formula is C19H20ClNO3. The van der Waals surface area contributed by atoms with Crippen molar-refractivity contribution in [3.05, 3.63) is 63.7 Å². The molecule has 2 aromatic carbocycles. The van der Waals surface area contributed by atoms with Crippen molar-refractivity contribution in [1.29, 1.82) is 0 Å². The SMILES string of the molecule is Cc1cc(C)c(NC(=O)[C@H](C)OC(=O)c2ccc(Cl)cc2)c(C)c1. The van der Waals surface area contributed by atoms with Crippen molar-refractivity contribution in [2.75, 3.05) is 5.32 Å². The van der Waals surface area contributed by atoms with Crippen molar-refractivity contribution < 1.29 is 14.3 Å². The lowest BCUT2D eigenvalue weighted by atomic mass is 10.0. The van der Waals surface area contributed by atoms with Gasteiger partial charge in [-0.2, -0.15) is 0 Å². The maximum absolute atomic E-state index is 12.3. The van der Waals surface area contributed by atoms with Gasteiger partial charge >= 0.3 is 5.97 Å². The number of rotatable bonds is 4. The van der Waals surface area contributed by atoms with Crippen LogP contribution in [0.5, 0.6) is 0 Å². The zero-order valence-corrected chi connectivity index (χ0v) is 14.9. The van der Waals surface area contributed by atoms with Crippen molar-refractivity contribution in [2.45, 2.75) is 33.8 Å². The highest BCUT2D eigenvalue weighted by atomic mass is 35.5. The number of hydrogen-bond donors (Lipinski definition) is 1. The molecule has 0 aliphatic heterocycles. The number of halogens is 1. The molecule has 0 unspecified atom stereocenters. The third-order valence-electron chi connectivity index (χ3n) is 3.66. The maximum atomic E-state index is 12.3. The molecule has 0 radical (unpaired) electrons. The van der Waals surface area contributed by atoms with Crippen molar-refractivity contribution in [3.8, 4) is 0 Å². The van der Waals surface area contributed by atoms with Crippen LogP contribution in [0.15, 0.2) is 36.4 Å². The lowest BCUT2D eigenvalue weighted by molar-refractivity contribution is -0.123. The number of amides is 1. The number of carbonyl (C=O) groups is 2. The Morgan fingerprint density at radius 3 is 2.12 bits per heavy atom. The second kappa shape index (κ2) is 7.49. The predicted octanol–water partition coefficient (Wildman–Crippen LogP) is 4.45. The number of aryl methyl sites for hydroxylation is 3. The number of carbonyl (C=O) groups excluding carboxylic acids is 2. The minimum Gasteiger partial charge on any atom is -0.449 e. The van der Waals surface area contributed by atoms with Gasteiger partial charge in [-0.25, -0.2) is 4.79 Å². The van der Waals surface area contributed by atoms with Crippen molar-refractivity contribution in [1.82, 2.24) is 0 Å². The van der Waals surface area contributed by atoms with Gasteiger partial charge in [-0.15, -0.1) is 0 Å². The van der Waals surface area contributed by atoms with Gasteiger partial charge < -0.3 is 10.1 Å². The molecular weight excluding hydrogens is 326 g/mol. The van der Waals surface area contributed by atoms with E-state index < -0.39 is 12.1 Å². The minimum atomic E-state index is -0.909. The smallest absolute Gasteiger partial charge is 0.338 e. The molecule has 24 heavy (non-hydrogen) atoms. The van der Waals surface area contributed by atoms with E-state index in [1.54, 1.807) is 31.2 Å². The summed E-state index contributed by atoms with van der Waals surface area (Å²) in [5, 5.41) is 3.36. The summed E-state index contributed by atoms with van der Waals surface area (Å²) in [5.74, 6) is -0.931. The van der Waals surface area contributed by atoms with Crippen LogP contribution < -0.4 is 5.32 Å². The first kappa shape index (κ1) is 18.0. The number of hydrogen-bond acceptors (Lipinski definition) is 3. The van der Waals surface area contributed by atoms with Gasteiger partial charge in [0, 0.05) is 10.7 Å². The molecule has 5 heteroatoms.